The normalized spacial score (nSPS) is 19.3. The highest BCUT2D eigenvalue weighted by Crippen LogP contribution is 2.31. The molecule has 1 heterocycles. The van der Waals surface area contributed by atoms with E-state index in [4.69, 9.17) is 0 Å². The minimum absolute atomic E-state index is 0.0696. The predicted molar refractivity (Wildman–Crippen MR) is 111 cm³/mol. The fourth-order valence-corrected chi connectivity index (χ4v) is 3.26. The zero-order valence-electron chi connectivity index (χ0n) is 17.2. The predicted octanol–water partition coefficient (Wildman–Crippen LogP) is 6.49. The fraction of sp³-hybridized carbons (Fsp3) is 0.636. The molecule has 2 atom stereocenters. The molecule has 1 amide bonds. The van der Waals surface area contributed by atoms with Crippen LogP contribution < -0.4 is 5.32 Å². The number of hydrogen-bond donors (Lipinski definition) is 1. The molecule has 1 fully saturated rings. The minimum atomic E-state index is -0.0696. The first-order chi connectivity index (χ1) is 12.1. The molecule has 0 spiro atoms. The van der Waals surface area contributed by atoms with Crippen LogP contribution in [0.4, 0.5) is 5.69 Å². The molecule has 0 aliphatic heterocycles. The fourth-order valence-electron chi connectivity index (χ4n) is 3.26. The van der Waals surface area contributed by atoms with E-state index in [9.17, 15) is 4.79 Å². The summed E-state index contributed by atoms with van der Waals surface area (Å²) in [4.78, 5) is 15.7. The second-order valence-electron chi connectivity index (χ2n) is 6.24. The Balaban J connectivity index is 0.00000134. The summed E-state index contributed by atoms with van der Waals surface area (Å²) < 4.78 is 0. The average molecular weight is 347 g/mol. The zero-order chi connectivity index (χ0) is 19.2. The lowest BCUT2D eigenvalue weighted by Gasteiger charge is -2.21. The molecular formula is C22H38N2O. The molecule has 3 nitrogen and oxygen atoms in total. The molecule has 142 valence electrons. The van der Waals surface area contributed by atoms with Crippen molar-refractivity contribution in [3.63, 3.8) is 0 Å². The Morgan fingerprint density at radius 3 is 2.48 bits per heavy atom. The molecular weight excluding hydrogens is 308 g/mol. The smallest absolute Gasteiger partial charge is 0.221 e. The summed E-state index contributed by atoms with van der Waals surface area (Å²) >= 11 is 0. The molecule has 2 unspecified atom stereocenters. The highest BCUT2D eigenvalue weighted by atomic mass is 16.1. The van der Waals surface area contributed by atoms with Crippen LogP contribution in [0.5, 0.6) is 0 Å². The van der Waals surface area contributed by atoms with E-state index in [0.29, 0.717) is 0 Å². The summed E-state index contributed by atoms with van der Waals surface area (Å²) in [7, 11) is 0. The Bertz CT molecular complexity index is 511. The highest BCUT2D eigenvalue weighted by Gasteiger charge is 2.20. The van der Waals surface area contributed by atoms with Crippen molar-refractivity contribution in [2.45, 2.75) is 80.1 Å². The Morgan fingerprint density at radius 2 is 1.88 bits per heavy atom. The molecule has 1 aliphatic carbocycles. The third-order valence-electron chi connectivity index (χ3n) is 4.52. The number of pyridine rings is 1. The van der Waals surface area contributed by atoms with Crippen LogP contribution in [0.15, 0.2) is 18.8 Å². The van der Waals surface area contributed by atoms with Crippen molar-refractivity contribution >= 4 is 17.7 Å². The number of nitrogens with zero attached hydrogens (tertiary/aromatic N) is 1. The van der Waals surface area contributed by atoms with E-state index in [0.717, 1.165) is 29.6 Å². The summed E-state index contributed by atoms with van der Waals surface area (Å²) in [6.07, 6.45) is 11.4. The Morgan fingerprint density at radius 1 is 1.24 bits per heavy atom. The van der Waals surface area contributed by atoms with E-state index in [-0.39, 0.29) is 5.91 Å². The second kappa shape index (κ2) is 13.6. The van der Waals surface area contributed by atoms with E-state index < -0.39 is 0 Å². The molecule has 1 aromatic rings. The van der Waals surface area contributed by atoms with Gasteiger partial charge in [-0.2, -0.15) is 0 Å². The maximum Gasteiger partial charge on any atom is 0.221 e. The standard InChI is InChI=1S/C18H26N2O.2C2H6/c1-4-17-18(20-14(3)21)11-15(12-19-17)10-16-9-7-5-6-8-13(16)2;2*1-2/h4,11-13,16H,1,5-10H2,2-3H3,(H,20,21);2*1-2H3. The molecule has 25 heavy (non-hydrogen) atoms. The number of rotatable bonds is 4. The summed E-state index contributed by atoms with van der Waals surface area (Å²) in [5, 5.41) is 2.85. The van der Waals surface area contributed by atoms with E-state index in [1.165, 1.54) is 44.6 Å². The quantitative estimate of drug-likeness (QED) is 0.633. The number of nitrogens with one attached hydrogen (secondary N) is 1. The van der Waals surface area contributed by atoms with Gasteiger partial charge in [0.2, 0.25) is 5.91 Å². The van der Waals surface area contributed by atoms with Gasteiger partial charge in [0.1, 0.15) is 0 Å². The van der Waals surface area contributed by atoms with Crippen molar-refractivity contribution in [3.05, 3.63) is 30.1 Å². The van der Waals surface area contributed by atoms with Gasteiger partial charge in [-0.1, -0.05) is 66.9 Å². The Kier molecular flexibility index (Phi) is 12.7. The third kappa shape index (κ3) is 8.33. The van der Waals surface area contributed by atoms with E-state index in [2.05, 4.69) is 29.9 Å². The van der Waals surface area contributed by atoms with Gasteiger partial charge < -0.3 is 5.32 Å². The molecule has 1 aromatic heterocycles. The highest BCUT2D eigenvalue weighted by molar-refractivity contribution is 5.90. The molecule has 0 aromatic carbocycles. The van der Waals surface area contributed by atoms with E-state index >= 15 is 0 Å². The Hall–Kier alpha value is -1.64. The van der Waals surface area contributed by atoms with Gasteiger partial charge >= 0.3 is 0 Å². The van der Waals surface area contributed by atoms with Crippen molar-refractivity contribution in [2.24, 2.45) is 11.8 Å². The molecule has 1 N–H and O–H groups in total. The van der Waals surface area contributed by atoms with Crippen molar-refractivity contribution in [1.29, 1.82) is 0 Å². The monoisotopic (exact) mass is 346 g/mol. The largest absolute Gasteiger partial charge is 0.324 e. The van der Waals surface area contributed by atoms with Gasteiger partial charge in [0.05, 0.1) is 11.4 Å². The van der Waals surface area contributed by atoms with Crippen LogP contribution in [0.3, 0.4) is 0 Å². The van der Waals surface area contributed by atoms with Crippen molar-refractivity contribution in [2.75, 3.05) is 5.32 Å². The molecule has 2 rings (SSSR count). The van der Waals surface area contributed by atoms with Gasteiger partial charge in [-0.05, 0) is 42.4 Å². The summed E-state index contributed by atoms with van der Waals surface area (Å²) in [6.45, 7) is 15.6. The first-order valence-electron chi connectivity index (χ1n) is 9.99. The van der Waals surface area contributed by atoms with Gasteiger partial charge in [0.25, 0.3) is 0 Å². The summed E-state index contributed by atoms with van der Waals surface area (Å²) in [6, 6.07) is 2.06. The number of anilines is 1. The number of carbonyl (C=O) groups excluding carboxylic acids is 1. The molecule has 3 heteroatoms. The van der Waals surface area contributed by atoms with Crippen LogP contribution in [0.25, 0.3) is 6.08 Å². The SMILES string of the molecule is C=Cc1ncc(CC2CCCCCC2C)cc1NC(C)=O.CC.CC. The van der Waals surface area contributed by atoms with Crippen LogP contribution in [0, 0.1) is 11.8 Å². The van der Waals surface area contributed by atoms with E-state index in [1.807, 2.05) is 33.9 Å². The van der Waals surface area contributed by atoms with Crippen LogP contribution in [-0.2, 0) is 11.2 Å². The number of aromatic nitrogens is 1. The number of hydrogen-bond acceptors (Lipinski definition) is 2. The van der Waals surface area contributed by atoms with Crippen molar-refractivity contribution in [1.82, 2.24) is 4.98 Å². The van der Waals surface area contributed by atoms with Gasteiger partial charge in [-0.3, -0.25) is 9.78 Å². The van der Waals surface area contributed by atoms with Crippen LogP contribution in [-0.4, -0.2) is 10.9 Å². The lowest BCUT2D eigenvalue weighted by atomic mass is 9.85. The minimum Gasteiger partial charge on any atom is -0.324 e. The topological polar surface area (TPSA) is 42.0 Å². The molecule has 0 bridgehead atoms. The lowest BCUT2D eigenvalue weighted by Crippen LogP contribution is -2.14. The summed E-state index contributed by atoms with van der Waals surface area (Å²) in [5.74, 6) is 1.43. The van der Waals surface area contributed by atoms with Crippen molar-refractivity contribution < 1.29 is 4.79 Å². The molecule has 1 aliphatic rings. The van der Waals surface area contributed by atoms with E-state index in [1.54, 1.807) is 6.08 Å². The maximum atomic E-state index is 11.3. The number of amides is 1. The summed E-state index contributed by atoms with van der Waals surface area (Å²) in [5.41, 5.74) is 2.72. The molecule has 0 radical (unpaired) electrons. The lowest BCUT2D eigenvalue weighted by molar-refractivity contribution is -0.114. The third-order valence-corrected chi connectivity index (χ3v) is 4.52. The van der Waals surface area contributed by atoms with Gasteiger partial charge in [-0.25, -0.2) is 0 Å². The first-order valence-corrected chi connectivity index (χ1v) is 9.99. The van der Waals surface area contributed by atoms with Crippen LogP contribution >= 0.6 is 0 Å². The Labute approximate surface area is 155 Å². The second-order valence-corrected chi connectivity index (χ2v) is 6.24. The average Bonchev–Trinajstić information content (AvgIpc) is 2.83. The van der Waals surface area contributed by atoms with Crippen LogP contribution in [0.1, 0.15) is 84.9 Å². The maximum absolute atomic E-state index is 11.3. The number of carbonyl (C=O) groups is 1. The zero-order valence-corrected chi connectivity index (χ0v) is 17.2. The van der Waals surface area contributed by atoms with Crippen LogP contribution in [0.2, 0.25) is 0 Å². The van der Waals surface area contributed by atoms with Gasteiger partial charge in [0, 0.05) is 13.1 Å². The van der Waals surface area contributed by atoms with Crippen molar-refractivity contribution in [3.8, 4) is 0 Å². The molecule has 1 saturated carbocycles. The van der Waals surface area contributed by atoms with Gasteiger partial charge in [-0.15, -0.1) is 0 Å². The van der Waals surface area contributed by atoms with Gasteiger partial charge in [0.15, 0.2) is 0 Å². The molecule has 0 saturated heterocycles. The first kappa shape index (κ1) is 23.4.